The van der Waals surface area contributed by atoms with Gasteiger partial charge in [-0.25, -0.2) is 4.68 Å². The molecule has 7 heteroatoms. The Bertz CT molecular complexity index is 1120. The molecule has 4 rings (SSSR count). The zero-order valence-electron chi connectivity index (χ0n) is 16.9. The Morgan fingerprint density at radius 2 is 1.68 bits per heavy atom. The van der Waals surface area contributed by atoms with E-state index >= 15 is 0 Å². The van der Waals surface area contributed by atoms with Crippen molar-refractivity contribution in [3.8, 4) is 5.69 Å². The van der Waals surface area contributed by atoms with Crippen LogP contribution in [0.5, 0.6) is 0 Å². The molecular weight excluding hydrogens is 350 g/mol. The molecule has 0 bridgehead atoms. The van der Waals surface area contributed by atoms with Crippen molar-refractivity contribution < 1.29 is 0 Å². The van der Waals surface area contributed by atoms with Gasteiger partial charge in [-0.15, -0.1) is 15.3 Å². The summed E-state index contributed by atoms with van der Waals surface area (Å²) in [5.74, 6) is 1.62. The molecule has 0 saturated heterocycles. The van der Waals surface area contributed by atoms with Crippen molar-refractivity contribution in [2.75, 3.05) is 5.32 Å². The first-order chi connectivity index (χ1) is 13.3. The van der Waals surface area contributed by atoms with Crippen LogP contribution in [0, 0.1) is 13.8 Å². The summed E-state index contributed by atoms with van der Waals surface area (Å²) in [6.45, 7) is 11.1. The molecule has 0 aliphatic rings. The molecule has 0 aliphatic heterocycles. The van der Waals surface area contributed by atoms with Crippen molar-refractivity contribution in [2.45, 2.75) is 46.6 Å². The van der Waals surface area contributed by atoms with Crippen molar-refractivity contribution in [1.82, 2.24) is 29.6 Å². The largest absolute Gasteiger partial charge is 0.364 e. The Kier molecular flexibility index (Phi) is 4.37. The van der Waals surface area contributed by atoms with Crippen LogP contribution >= 0.6 is 0 Å². The molecule has 0 atom stereocenters. The molecule has 0 amide bonds. The van der Waals surface area contributed by atoms with Crippen LogP contribution in [0.3, 0.4) is 0 Å². The van der Waals surface area contributed by atoms with E-state index in [1.54, 1.807) is 0 Å². The zero-order chi connectivity index (χ0) is 19.9. The molecule has 1 aromatic carbocycles. The lowest BCUT2D eigenvalue weighted by molar-refractivity contribution is 0.527. The summed E-state index contributed by atoms with van der Waals surface area (Å²) in [5.41, 5.74) is 4.99. The van der Waals surface area contributed by atoms with Gasteiger partial charge >= 0.3 is 0 Å². The van der Waals surface area contributed by atoms with Gasteiger partial charge in [0.2, 0.25) is 0 Å². The van der Waals surface area contributed by atoms with E-state index in [0.29, 0.717) is 6.54 Å². The van der Waals surface area contributed by atoms with Crippen LogP contribution in [0.1, 0.15) is 43.5 Å². The molecule has 4 aromatic rings. The number of benzene rings is 1. The van der Waals surface area contributed by atoms with Crippen molar-refractivity contribution in [2.24, 2.45) is 0 Å². The monoisotopic (exact) mass is 375 g/mol. The minimum Gasteiger partial charge on any atom is -0.364 e. The van der Waals surface area contributed by atoms with Gasteiger partial charge in [-0.2, -0.15) is 9.61 Å². The summed E-state index contributed by atoms with van der Waals surface area (Å²) in [4.78, 5) is 0. The fraction of sp³-hybridized carbons (Fsp3) is 0.333. The number of hydrogen-bond donors (Lipinski definition) is 1. The van der Waals surface area contributed by atoms with Crippen LogP contribution in [0.4, 0.5) is 5.82 Å². The van der Waals surface area contributed by atoms with Gasteiger partial charge in [0.25, 0.3) is 0 Å². The summed E-state index contributed by atoms with van der Waals surface area (Å²) in [6, 6.07) is 14.0. The lowest BCUT2D eigenvalue weighted by atomic mass is 9.96. The average Bonchev–Trinajstić information content (AvgIpc) is 3.21. The van der Waals surface area contributed by atoms with E-state index in [4.69, 9.17) is 10.2 Å². The summed E-state index contributed by atoms with van der Waals surface area (Å²) in [7, 11) is 0. The molecule has 3 heterocycles. The summed E-state index contributed by atoms with van der Waals surface area (Å²) < 4.78 is 3.80. The van der Waals surface area contributed by atoms with Crippen molar-refractivity contribution in [1.29, 1.82) is 0 Å². The SMILES string of the molecule is Cc1nn(-c2ccccc2)c(C)c1CNc1ccc2nnc(C(C)(C)C)n2n1. The highest BCUT2D eigenvalue weighted by Gasteiger charge is 2.22. The third-order valence-electron chi connectivity index (χ3n) is 4.82. The number of para-hydroxylation sites is 1. The molecule has 144 valence electrons. The van der Waals surface area contributed by atoms with Gasteiger partial charge in [0.15, 0.2) is 11.5 Å². The van der Waals surface area contributed by atoms with E-state index in [9.17, 15) is 0 Å². The fourth-order valence-corrected chi connectivity index (χ4v) is 3.28. The Labute approximate surface area is 164 Å². The molecular formula is C21H25N7. The number of fused-ring (bicyclic) bond motifs is 1. The maximum atomic E-state index is 4.71. The Morgan fingerprint density at radius 3 is 2.39 bits per heavy atom. The van der Waals surface area contributed by atoms with E-state index in [0.717, 1.165) is 34.4 Å². The van der Waals surface area contributed by atoms with Gasteiger partial charge < -0.3 is 5.32 Å². The number of hydrogen-bond acceptors (Lipinski definition) is 5. The fourth-order valence-electron chi connectivity index (χ4n) is 3.28. The van der Waals surface area contributed by atoms with Crippen molar-refractivity contribution in [3.63, 3.8) is 0 Å². The van der Waals surface area contributed by atoms with Crippen LogP contribution in [-0.4, -0.2) is 29.6 Å². The standard InChI is InChI=1S/C21H25N7/c1-14-17(15(2)27(25-14)16-9-7-6-8-10-16)13-22-18-11-12-19-23-24-20(21(3,4)5)28(19)26-18/h6-12H,13H2,1-5H3,(H,22,26). The molecule has 1 N–H and O–H groups in total. The molecule has 0 spiro atoms. The summed E-state index contributed by atoms with van der Waals surface area (Å²) in [6.07, 6.45) is 0. The van der Waals surface area contributed by atoms with Gasteiger partial charge in [-0.3, -0.25) is 0 Å². The van der Waals surface area contributed by atoms with E-state index in [1.807, 2.05) is 46.5 Å². The first-order valence-electron chi connectivity index (χ1n) is 9.42. The van der Waals surface area contributed by atoms with Gasteiger partial charge in [0, 0.05) is 23.2 Å². The Morgan fingerprint density at radius 1 is 0.929 bits per heavy atom. The average molecular weight is 375 g/mol. The highest BCUT2D eigenvalue weighted by molar-refractivity contribution is 5.46. The number of nitrogens with one attached hydrogen (secondary N) is 1. The summed E-state index contributed by atoms with van der Waals surface area (Å²) in [5, 5.41) is 21.4. The van der Waals surface area contributed by atoms with Crippen molar-refractivity contribution >= 4 is 11.5 Å². The van der Waals surface area contributed by atoms with Crippen LogP contribution in [0.25, 0.3) is 11.3 Å². The third kappa shape index (κ3) is 3.24. The Balaban J connectivity index is 1.61. The van der Waals surface area contributed by atoms with Gasteiger partial charge in [0.1, 0.15) is 5.82 Å². The predicted octanol–water partition coefficient (Wildman–Crippen LogP) is 3.84. The molecule has 0 aliphatic carbocycles. The van der Waals surface area contributed by atoms with Crippen LogP contribution in [-0.2, 0) is 12.0 Å². The van der Waals surface area contributed by atoms with E-state index in [-0.39, 0.29) is 5.41 Å². The normalized spacial score (nSPS) is 11.9. The second-order valence-electron chi connectivity index (χ2n) is 8.01. The number of aryl methyl sites for hydroxylation is 1. The molecule has 7 nitrogen and oxygen atoms in total. The van der Waals surface area contributed by atoms with Crippen LogP contribution in [0.15, 0.2) is 42.5 Å². The Hall–Kier alpha value is -3.22. The highest BCUT2D eigenvalue weighted by Crippen LogP contribution is 2.22. The zero-order valence-corrected chi connectivity index (χ0v) is 16.9. The predicted molar refractivity (Wildman–Crippen MR) is 110 cm³/mol. The highest BCUT2D eigenvalue weighted by atomic mass is 15.4. The smallest absolute Gasteiger partial charge is 0.178 e. The van der Waals surface area contributed by atoms with E-state index in [1.165, 1.54) is 5.56 Å². The maximum Gasteiger partial charge on any atom is 0.178 e. The van der Waals surface area contributed by atoms with Gasteiger partial charge in [0.05, 0.1) is 11.4 Å². The second kappa shape index (κ2) is 6.74. The number of anilines is 1. The first kappa shape index (κ1) is 18.2. The molecule has 28 heavy (non-hydrogen) atoms. The minimum atomic E-state index is -0.130. The van der Waals surface area contributed by atoms with Crippen molar-refractivity contribution in [3.05, 3.63) is 65.2 Å². The summed E-state index contributed by atoms with van der Waals surface area (Å²) >= 11 is 0. The molecule has 0 unspecified atom stereocenters. The molecule has 0 radical (unpaired) electrons. The maximum absolute atomic E-state index is 4.71. The first-order valence-corrected chi connectivity index (χ1v) is 9.42. The van der Waals surface area contributed by atoms with E-state index in [2.05, 4.69) is 55.3 Å². The van der Waals surface area contributed by atoms with Gasteiger partial charge in [-0.05, 0) is 38.1 Å². The quantitative estimate of drug-likeness (QED) is 0.587. The lowest BCUT2D eigenvalue weighted by Gasteiger charge is -2.15. The molecule has 0 fully saturated rings. The topological polar surface area (TPSA) is 72.9 Å². The van der Waals surface area contributed by atoms with E-state index < -0.39 is 0 Å². The number of rotatable bonds is 4. The number of aromatic nitrogens is 6. The molecule has 0 saturated carbocycles. The van der Waals surface area contributed by atoms with Gasteiger partial charge in [-0.1, -0.05) is 39.0 Å². The molecule has 3 aromatic heterocycles. The second-order valence-corrected chi connectivity index (χ2v) is 8.01. The van der Waals surface area contributed by atoms with Crippen LogP contribution in [0.2, 0.25) is 0 Å². The van der Waals surface area contributed by atoms with Crippen LogP contribution < -0.4 is 5.32 Å². The third-order valence-corrected chi connectivity index (χ3v) is 4.82. The lowest BCUT2D eigenvalue weighted by Crippen LogP contribution is -2.17. The minimum absolute atomic E-state index is 0.130. The number of nitrogens with zero attached hydrogens (tertiary/aromatic N) is 6.